The third-order valence-corrected chi connectivity index (χ3v) is 2.96. The molecule has 2 aromatic carbocycles. The van der Waals surface area contributed by atoms with Gasteiger partial charge in [-0.15, -0.1) is 0 Å². The molecule has 102 valence electrons. The van der Waals surface area contributed by atoms with Crippen molar-refractivity contribution in [1.29, 1.82) is 5.26 Å². The molecular formula is C15H13FN2O2. The summed E-state index contributed by atoms with van der Waals surface area (Å²) in [6.45, 7) is 1.74. The second kappa shape index (κ2) is 5.49. The van der Waals surface area contributed by atoms with Crippen LogP contribution in [0, 0.1) is 17.1 Å². The van der Waals surface area contributed by atoms with E-state index in [0.717, 1.165) is 0 Å². The van der Waals surface area contributed by atoms with Crippen LogP contribution in [-0.2, 0) is 0 Å². The van der Waals surface area contributed by atoms with Crippen molar-refractivity contribution in [2.75, 3.05) is 5.32 Å². The smallest absolute Gasteiger partial charge is 0.141 e. The molecule has 0 aliphatic heterocycles. The summed E-state index contributed by atoms with van der Waals surface area (Å²) < 4.78 is 13.2. The number of halogens is 1. The molecule has 3 N–H and O–H groups in total. The maximum absolute atomic E-state index is 13.2. The summed E-state index contributed by atoms with van der Waals surface area (Å²) in [5, 5.41) is 31.3. The van der Waals surface area contributed by atoms with Crippen LogP contribution >= 0.6 is 0 Å². The van der Waals surface area contributed by atoms with Crippen molar-refractivity contribution in [2.24, 2.45) is 0 Å². The molecule has 0 amide bonds. The number of rotatable bonds is 3. The fraction of sp³-hybridized carbons (Fsp3) is 0.133. The quantitative estimate of drug-likeness (QED) is 0.801. The highest BCUT2D eigenvalue weighted by Crippen LogP contribution is 2.34. The lowest BCUT2D eigenvalue weighted by Gasteiger charge is -2.18. The van der Waals surface area contributed by atoms with Crippen molar-refractivity contribution < 1.29 is 14.6 Å². The number of anilines is 1. The zero-order chi connectivity index (χ0) is 14.7. The van der Waals surface area contributed by atoms with Crippen molar-refractivity contribution >= 4 is 5.69 Å². The number of phenolic OH excluding ortho intramolecular Hbond substituents is 2. The summed E-state index contributed by atoms with van der Waals surface area (Å²) in [5.41, 5.74) is 0.803. The fourth-order valence-corrected chi connectivity index (χ4v) is 2.01. The molecule has 2 aromatic rings. The summed E-state index contributed by atoms with van der Waals surface area (Å²) >= 11 is 0. The Kier molecular flexibility index (Phi) is 3.76. The fourth-order valence-electron chi connectivity index (χ4n) is 2.01. The molecule has 0 saturated heterocycles. The van der Waals surface area contributed by atoms with E-state index in [1.807, 2.05) is 0 Å². The average molecular weight is 272 g/mol. The molecule has 2 rings (SSSR count). The zero-order valence-corrected chi connectivity index (χ0v) is 10.8. The van der Waals surface area contributed by atoms with Gasteiger partial charge in [-0.05, 0) is 37.3 Å². The van der Waals surface area contributed by atoms with Crippen LogP contribution in [0.3, 0.4) is 0 Å². The zero-order valence-electron chi connectivity index (χ0n) is 10.8. The minimum Gasteiger partial charge on any atom is -0.507 e. The predicted molar refractivity (Wildman–Crippen MR) is 72.9 cm³/mol. The SMILES string of the molecule is CC(Nc1ccc(F)c(C#N)c1)c1c(O)cccc1O. The monoisotopic (exact) mass is 272 g/mol. The van der Waals surface area contributed by atoms with Gasteiger partial charge in [-0.1, -0.05) is 6.07 Å². The van der Waals surface area contributed by atoms with Gasteiger partial charge >= 0.3 is 0 Å². The molecule has 0 spiro atoms. The van der Waals surface area contributed by atoms with Gasteiger partial charge in [0.2, 0.25) is 0 Å². The molecule has 0 heterocycles. The molecule has 0 fully saturated rings. The Labute approximate surface area is 115 Å². The molecule has 0 aliphatic carbocycles. The van der Waals surface area contributed by atoms with Crippen LogP contribution in [0.5, 0.6) is 11.5 Å². The normalized spacial score (nSPS) is 11.7. The van der Waals surface area contributed by atoms with Crippen molar-refractivity contribution in [3.05, 3.63) is 53.3 Å². The first kappa shape index (κ1) is 13.7. The maximum atomic E-state index is 13.2. The molecule has 1 unspecified atom stereocenters. The highest BCUT2D eigenvalue weighted by Gasteiger charge is 2.15. The number of phenols is 2. The lowest BCUT2D eigenvalue weighted by atomic mass is 10.1. The van der Waals surface area contributed by atoms with E-state index in [1.165, 1.54) is 36.4 Å². The second-order valence-corrected chi connectivity index (χ2v) is 4.38. The molecule has 0 radical (unpaired) electrons. The van der Waals surface area contributed by atoms with Gasteiger partial charge in [-0.25, -0.2) is 4.39 Å². The van der Waals surface area contributed by atoms with E-state index in [4.69, 9.17) is 5.26 Å². The maximum Gasteiger partial charge on any atom is 0.141 e. The molecule has 20 heavy (non-hydrogen) atoms. The van der Waals surface area contributed by atoms with Crippen LogP contribution in [0.25, 0.3) is 0 Å². The van der Waals surface area contributed by atoms with Gasteiger partial charge in [0.1, 0.15) is 23.4 Å². The second-order valence-electron chi connectivity index (χ2n) is 4.38. The van der Waals surface area contributed by atoms with Crippen molar-refractivity contribution in [2.45, 2.75) is 13.0 Å². The molecule has 4 nitrogen and oxygen atoms in total. The standard InChI is InChI=1S/C15H13FN2O2/c1-9(15-13(19)3-2-4-14(15)20)18-11-5-6-12(16)10(7-11)8-17/h2-7,9,18-20H,1H3. The van der Waals surface area contributed by atoms with Gasteiger partial charge < -0.3 is 15.5 Å². The molecule has 5 heteroatoms. The Morgan fingerprint density at radius 3 is 2.45 bits per heavy atom. The first-order valence-corrected chi connectivity index (χ1v) is 6.00. The van der Waals surface area contributed by atoms with Gasteiger partial charge in [-0.2, -0.15) is 5.26 Å². The Balaban J connectivity index is 2.28. The van der Waals surface area contributed by atoms with E-state index in [-0.39, 0.29) is 17.1 Å². The van der Waals surface area contributed by atoms with Crippen LogP contribution in [0.4, 0.5) is 10.1 Å². The third-order valence-electron chi connectivity index (χ3n) is 2.96. The molecule has 0 saturated carbocycles. The van der Waals surface area contributed by atoms with Crippen molar-refractivity contribution in [1.82, 2.24) is 0 Å². The molecule has 0 aliphatic rings. The average Bonchev–Trinajstić information content (AvgIpc) is 2.40. The molecule has 0 aromatic heterocycles. The number of nitriles is 1. The van der Waals surface area contributed by atoms with Crippen LogP contribution in [0.2, 0.25) is 0 Å². The topological polar surface area (TPSA) is 76.3 Å². The molecular weight excluding hydrogens is 259 g/mol. The predicted octanol–water partition coefficient (Wildman–Crippen LogP) is 3.28. The Morgan fingerprint density at radius 2 is 1.85 bits per heavy atom. The van der Waals surface area contributed by atoms with Gasteiger partial charge in [0.05, 0.1) is 17.2 Å². The summed E-state index contributed by atoms with van der Waals surface area (Å²) in [6, 6.07) is 9.88. The van der Waals surface area contributed by atoms with Crippen LogP contribution in [-0.4, -0.2) is 10.2 Å². The van der Waals surface area contributed by atoms with Crippen LogP contribution < -0.4 is 5.32 Å². The van der Waals surface area contributed by atoms with E-state index in [1.54, 1.807) is 13.0 Å². The number of hydrogen-bond acceptors (Lipinski definition) is 4. The number of hydrogen-bond donors (Lipinski definition) is 3. The molecule has 1 atom stereocenters. The minimum absolute atomic E-state index is 0.0346. The van der Waals surface area contributed by atoms with Gasteiger partial charge in [0, 0.05) is 5.69 Å². The van der Waals surface area contributed by atoms with Crippen molar-refractivity contribution in [3.8, 4) is 17.6 Å². The van der Waals surface area contributed by atoms with E-state index in [9.17, 15) is 14.6 Å². The van der Waals surface area contributed by atoms with E-state index < -0.39 is 11.9 Å². The summed E-state index contributed by atoms with van der Waals surface area (Å²) in [7, 11) is 0. The van der Waals surface area contributed by atoms with E-state index >= 15 is 0 Å². The summed E-state index contributed by atoms with van der Waals surface area (Å²) in [6.07, 6.45) is 0. The number of nitrogens with one attached hydrogen (secondary N) is 1. The Hall–Kier alpha value is -2.74. The third kappa shape index (κ3) is 2.64. The largest absolute Gasteiger partial charge is 0.507 e. The van der Waals surface area contributed by atoms with E-state index in [0.29, 0.717) is 11.3 Å². The Bertz CT molecular complexity index is 660. The minimum atomic E-state index is -0.587. The highest BCUT2D eigenvalue weighted by molar-refractivity contribution is 5.54. The number of nitrogens with zero attached hydrogens (tertiary/aromatic N) is 1. The molecule has 0 bridgehead atoms. The highest BCUT2D eigenvalue weighted by atomic mass is 19.1. The Morgan fingerprint density at radius 1 is 1.20 bits per heavy atom. The summed E-state index contributed by atoms with van der Waals surface area (Å²) in [5.74, 6) is -0.656. The van der Waals surface area contributed by atoms with Crippen LogP contribution in [0.15, 0.2) is 36.4 Å². The van der Waals surface area contributed by atoms with Crippen molar-refractivity contribution in [3.63, 3.8) is 0 Å². The van der Waals surface area contributed by atoms with Gasteiger partial charge in [0.15, 0.2) is 0 Å². The number of aromatic hydroxyl groups is 2. The lowest BCUT2D eigenvalue weighted by Crippen LogP contribution is -2.07. The van der Waals surface area contributed by atoms with Gasteiger partial charge in [0.25, 0.3) is 0 Å². The number of benzene rings is 2. The van der Waals surface area contributed by atoms with E-state index in [2.05, 4.69) is 5.32 Å². The van der Waals surface area contributed by atoms with Gasteiger partial charge in [-0.3, -0.25) is 0 Å². The lowest BCUT2D eigenvalue weighted by molar-refractivity contribution is 0.434. The first-order valence-electron chi connectivity index (χ1n) is 6.00. The summed E-state index contributed by atoms with van der Waals surface area (Å²) in [4.78, 5) is 0. The first-order chi connectivity index (χ1) is 9.52. The van der Waals surface area contributed by atoms with Crippen LogP contribution in [0.1, 0.15) is 24.1 Å².